The van der Waals surface area contributed by atoms with Gasteiger partial charge in [-0.1, -0.05) is 0 Å². The molecule has 29 heavy (non-hydrogen) atoms. The summed E-state index contributed by atoms with van der Waals surface area (Å²) in [5.74, 6) is 0.563. The van der Waals surface area contributed by atoms with Gasteiger partial charge in [0, 0.05) is 49.6 Å². The molecule has 1 aliphatic heterocycles. The maximum atomic E-state index is 12.5. The van der Waals surface area contributed by atoms with E-state index in [4.69, 9.17) is 0 Å². The molecule has 6 nitrogen and oxygen atoms in total. The van der Waals surface area contributed by atoms with Crippen LogP contribution < -0.4 is 15.5 Å². The van der Waals surface area contributed by atoms with E-state index in [1.807, 2.05) is 30.3 Å². The zero-order chi connectivity index (χ0) is 19.9. The number of anilines is 3. The highest BCUT2D eigenvalue weighted by atomic mass is 16.1. The Balaban J connectivity index is 1.32. The molecule has 3 aromatic rings. The molecule has 0 spiro atoms. The first-order valence-electron chi connectivity index (χ1n) is 10.0. The Morgan fingerprint density at radius 1 is 0.931 bits per heavy atom. The van der Waals surface area contributed by atoms with Crippen molar-refractivity contribution in [2.75, 3.05) is 28.6 Å². The first kappa shape index (κ1) is 18.9. The van der Waals surface area contributed by atoms with Crippen LogP contribution in [-0.4, -0.2) is 29.0 Å². The van der Waals surface area contributed by atoms with Crippen LogP contribution in [0.1, 0.15) is 35.2 Å². The van der Waals surface area contributed by atoms with Gasteiger partial charge in [0.2, 0.25) is 0 Å². The molecule has 148 valence electrons. The van der Waals surface area contributed by atoms with Crippen molar-refractivity contribution in [1.82, 2.24) is 9.97 Å². The van der Waals surface area contributed by atoms with Crippen molar-refractivity contribution in [2.45, 2.75) is 25.8 Å². The lowest BCUT2D eigenvalue weighted by molar-refractivity contribution is 0.102. The minimum absolute atomic E-state index is 0.163. The Kier molecular flexibility index (Phi) is 6.00. The third-order valence-electron chi connectivity index (χ3n) is 5.10. The summed E-state index contributed by atoms with van der Waals surface area (Å²) >= 11 is 0. The van der Waals surface area contributed by atoms with Crippen molar-refractivity contribution in [3.8, 4) is 0 Å². The smallest absolute Gasteiger partial charge is 0.257 e. The summed E-state index contributed by atoms with van der Waals surface area (Å²) in [4.78, 5) is 23.2. The molecule has 1 aliphatic rings. The van der Waals surface area contributed by atoms with Crippen LogP contribution in [0.15, 0.2) is 67.1 Å². The number of pyridine rings is 2. The van der Waals surface area contributed by atoms with Gasteiger partial charge in [-0.25, -0.2) is 4.98 Å². The highest BCUT2D eigenvalue weighted by molar-refractivity contribution is 6.04. The Morgan fingerprint density at radius 3 is 2.38 bits per heavy atom. The SMILES string of the molecule is O=C(Nc1ccc(N2CCCCC2)cc1)c1ccc(NCc2ccncc2)nc1. The maximum Gasteiger partial charge on any atom is 0.257 e. The van der Waals surface area contributed by atoms with E-state index >= 15 is 0 Å². The highest BCUT2D eigenvalue weighted by Crippen LogP contribution is 2.22. The van der Waals surface area contributed by atoms with Gasteiger partial charge in [-0.15, -0.1) is 0 Å². The zero-order valence-electron chi connectivity index (χ0n) is 16.3. The van der Waals surface area contributed by atoms with Crippen LogP contribution in [0.3, 0.4) is 0 Å². The molecular weight excluding hydrogens is 362 g/mol. The molecule has 0 atom stereocenters. The lowest BCUT2D eigenvalue weighted by Crippen LogP contribution is -2.29. The second-order valence-corrected chi connectivity index (χ2v) is 7.19. The summed E-state index contributed by atoms with van der Waals surface area (Å²) in [6, 6.07) is 15.6. The fourth-order valence-electron chi connectivity index (χ4n) is 3.44. The summed E-state index contributed by atoms with van der Waals surface area (Å²) in [7, 11) is 0. The quantitative estimate of drug-likeness (QED) is 0.659. The lowest BCUT2D eigenvalue weighted by atomic mass is 10.1. The molecule has 1 saturated heterocycles. The number of nitrogens with one attached hydrogen (secondary N) is 2. The van der Waals surface area contributed by atoms with Crippen molar-refractivity contribution in [3.05, 3.63) is 78.2 Å². The van der Waals surface area contributed by atoms with Crippen molar-refractivity contribution in [2.24, 2.45) is 0 Å². The predicted octanol–water partition coefficient (Wildman–Crippen LogP) is 4.33. The monoisotopic (exact) mass is 387 g/mol. The number of carbonyl (C=O) groups is 1. The van der Waals surface area contributed by atoms with E-state index in [-0.39, 0.29) is 5.91 Å². The van der Waals surface area contributed by atoms with E-state index < -0.39 is 0 Å². The third-order valence-corrected chi connectivity index (χ3v) is 5.10. The first-order chi connectivity index (χ1) is 14.3. The van der Waals surface area contributed by atoms with Gasteiger partial charge >= 0.3 is 0 Å². The van der Waals surface area contributed by atoms with Crippen LogP contribution >= 0.6 is 0 Å². The molecule has 2 aromatic heterocycles. The molecule has 1 fully saturated rings. The number of amides is 1. The number of aromatic nitrogens is 2. The van der Waals surface area contributed by atoms with Crippen LogP contribution in [0.4, 0.5) is 17.2 Å². The zero-order valence-corrected chi connectivity index (χ0v) is 16.3. The average molecular weight is 387 g/mol. The summed E-state index contributed by atoms with van der Waals surface area (Å²) in [6.07, 6.45) is 8.93. The standard InChI is InChI=1S/C23H25N5O/c29-23(27-20-5-7-21(8-6-20)28-14-2-1-3-15-28)19-4-9-22(26-17-19)25-16-18-10-12-24-13-11-18/h4-13,17H,1-3,14-16H2,(H,25,26)(H,27,29). The summed E-state index contributed by atoms with van der Waals surface area (Å²) in [6.45, 7) is 2.88. The molecule has 1 amide bonds. The van der Waals surface area contributed by atoms with Crippen molar-refractivity contribution < 1.29 is 4.79 Å². The molecule has 3 heterocycles. The van der Waals surface area contributed by atoms with E-state index in [0.29, 0.717) is 12.1 Å². The van der Waals surface area contributed by atoms with E-state index in [1.54, 1.807) is 24.7 Å². The minimum Gasteiger partial charge on any atom is -0.372 e. The molecule has 0 saturated carbocycles. The molecule has 6 heteroatoms. The van der Waals surface area contributed by atoms with E-state index in [9.17, 15) is 4.79 Å². The van der Waals surface area contributed by atoms with Crippen LogP contribution in [0, 0.1) is 0 Å². The molecule has 0 radical (unpaired) electrons. The Bertz CT molecular complexity index is 920. The molecular formula is C23H25N5O. The van der Waals surface area contributed by atoms with Gasteiger partial charge < -0.3 is 15.5 Å². The second-order valence-electron chi connectivity index (χ2n) is 7.19. The van der Waals surface area contributed by atoms with Crippen LogP contribution in [0.5, 0.6) is 0 Å². The van der Waals surface area contributed by atoms with Gasteiger partial charge in [0.15, 0.2) is 0 Å². The molecule has 0 bridgehead atoms. The van der Waals surface area contributed by atoms with Crippen molar-refractivity contribution >= 4 is 23.1 Å². The highest BCUT2D eigenvalue weighted by Gasteiger charge is 2.11. The largest absolute Gasteiger partial charge is 0.372 e. The average Bonchev–Trinajstić information content (AvgIpc) is 2.80. The fraction of sp³-hybridized carbons (Fsp3) is 0.261. The van der Waals surface area contributed by atoms with Crippen LogP contribution in [0.2, 0.25) is 0 Å². The van der Waals surface area contributed by atoms with Gasteiger partial charge in [-0.2, -0.15) is 0 Å². The number of hydrogen-bond donors (Lipinski definition) is 2. The summed E-state index contributed by atoms with van der Waals surface area (Å²) < 4.78 is 0. The van der Waals surface area contributed by atoms with E-state index in [1.165, 1.54) is 24.9 Å². The first-order valence-corrected chi connectivity index (χ1v) is 10.0. The summed E-state index contributed by atoms with van der Waals surface area (Å²) in [5, 5.41) is 6.18. The minimum atomic E-state index is -0.163. The molecule has 0 aliphatic carbocycles. The van der Waals surface area contributed by atoms with Gasteiger partial charge in [0.25, 0.3) is 5.91 Å². The Labute approximate surface area is 171 Å². The third kappa shape index (κ3) is 5.10. The number of piperidine rings is 1. The van der Waals surface area contributed by atoms with Crippen LogP contribution in [0.25, 0.3) is 0 Å². The fourth-order valence-corrected chi connectivity index (χ4v) is 3.44. The molecule has 1 aromatic carbocycles. The van der Waals surface area contributed by atoms with Crippen molar-refractivity contribution in [3.63, 3.8) is 0 Å². The Morgan fingerprint density at radius 2 is 1.69 bits per heavy atom. The van der Waals surface area contributed by atoms with Gasteiger partial charge in [-0.05, 0) is 73.4 Å². The number of nitrogens with zero attached hydrogens (tertiary/aromatic N) is 3. The number of hydrogen-bond acceptors (Lipinski definition) is 5. The second kappa shape index (κ2) is 9.19. The molecule has 4 rings (SSSR count). The van der Waals surface area contributed by atoms with E-state index in [0.717, 1.165) is 30.2 Å². The van der Waals surface area contributed by atoms with Gasteiger partial charge in [0.05, 0.1) is 5.56 Å². The normalized spacial score (nSPS) is 13.7. The topological polar surface area (TPSA) is 70.2 Å². The Hall–Kier alpha value is -3.41. The van der Waals surface area contributed by atoms with Crippen LogP contribution in [-0.2, 0) is 6.54 Å². The maximum absolute atomic E-state index is 12.5. The van der Waals surface area contributed by atoms with Crippen molar-refractivity contribution in [1.29, 1.82) is 0 Å². The predicted molar refractivity (Wildman–Crippen MR) is 116 cm³/mol. The lowest BCUT2D eigenvalue weighted by Gasteiger charge is -2.28. The number of rotatable bonds is 6. The molecule has 2 N–H and O–H groups in total. The van der Waals surface area contributed by atoms with Gasteiger partial charge in [0.1, 0.15) is 5.82 Å². The number of benzene rings is 1. The van der Waals surface area contributed by atoms with Gasteiger partial charge in [-0.3, -0.25) is 9.78 Å². The summed E-state index contributed by atoms with van der Waals surface area (Å²) in [5.41, 5.74) is 3.65. The van der Waals surface area contributed by atoms with E-state index in [2.05, 4.69) is 37.6 Å². The number of carbonyl (C=O) groups excluding carboxylic acids is 1. The molecule has 0 unspecified atom stereocenters.